The molecule has 8 nitrogen and oxygen atoms in total. The van der Waals surface area contributed by atoms with Gasteiger partial charge in [-0.2, -0.15) is 14.8 Å². The summed E-state index contributed by atoms with van der Waals surface area (Å²) in [6.45, 7) is 2.38. The van der Waals surface area contributed by atoms with Crippen LogP contribution in [0.1, 0.15) is 16.8 Å². The van der Waals surface area contributed by atoms with Crippen LogP contribution in [0.3, 0.4) is 0 Å². The third kappa shape index (κ3) is 3.79. The molecule has 1 aliphatic heterocycles. The van der Waals surface area contributed by atoms with Crippen LogP contribution >= 0.6 is 0 Å². The highest BCUT2D eigenvalue weighted by Gasteiger charge is 2.23. The van der Waals surface area contributed by atoms with Crippen LogP contribution in [0, 0.1) is 0 Å². The number of aromatic nitrogens is 4. The number of hydrogen-bond donors (Lipinski definition) is 3. The van der Waals surface area contributed by atoms with Crippen molar-refractivity contribution in [3.05, 3.63) is 71.5 Å². The van der Waals surface area contributed by atoms with Gasteiger partial charge < -0.3 is 20.3 Å². The molecule has 9 heteroatoms. The summed E-state index contributed by atoms with van der Waals surface area (Å²) in [5.41, 5.74) is 4.43. The van der Waals surface area contributed by atoms with E-state index >= 15 is 0 Å². The average molecular weight is 414 g/mol. The summed E-state index contributed by atoms with van der Waals surface area (Å²) in [7, 11) is 0.532. The normalized spacial score (nSPS) is 13.9. The van der Waals surface area contributed by atoms with Crippen molar-refractivity contribution < 1.29 is 10.0 Å². The molecule has 0 spiro atoms. The van der Waals surface area contributed by atoms with Gasteiger partial charge in [0, 0.05) is 37.0 Å². The Morgan fingerprint density at radius 3 is 2.71 bits per heavy atom. The van der Waals surface area contributed by atoms with E-state index in [9.17, 15) is 10.0 Å². The number of nitrogens with zero attached hydrogens (tertiary/aromatic N) is 5. The maximum absolute atomic E-state index is 9.68. The second-order valence-corrected chi connectivity index (χ2v) is 7.83. The molecular formula is C22H23BN6O2. The van der Waals surface area contributed by atoms with Crippen molar-refractivity contribution in [2.75, 3.05) is 18.9 Å². The maximum atomic E-state index is 9.68. The predicted molar refractivity (Wildman–Crippen MR) is 120 cm³/mol. The Balaban J connectivity index is 1.58. The molecule has 3 heterocycles. The Hall–Kier alpha value is -3.27. The minimum Gasteiger partial charge on any atom is -0.423 e. The van der Waals surface area contributed by atoms with Gasteiger partial charge in [0.2, 0.25) is 0 Å². The molecule has 1 aliphatic rings. The van der Waals surface area contributed by atoms with Crippen LogP contribution in [-0.2, 0) is 19.5 Å². The number of benzene rings is 2. The summed E-state index contributed by atoms with van der Waals surface area (Å²) in [6.07, 6.45) is 2.46. The highest BCUT2D eigenvalue weighted by atomic mass is 16.4. The molecule has 0 bridgehead atoms. The molecule has 31 heavy (non-hydrogen) atoms. The zero-order chi connectivity index (χ0) is 21.4. The van der Waals surface area contributed by atoms with Gasteiger partial charge in [-0.15, -0.1) is 0 Å². The fourth-order valence-electron chi connectivity index (χ4n) is 4.02. The van der Waals surface area contributed by atoms with Gasteiger partial charge in [0.1, 0.15) is 5.82 Å². The number of hydrogen-bond acceptors (Lipinski definition) is 7. The van der Waals surface area contributed by atoms with E-state index in [1.54, 1.807) is 23.0 Å². The summed E-state index contributed by atoms with van der Waals surface area (Å²) in [6, 6.07) is 15.5. The fraction of sp³-hybridized carbons (Fsp3) is 0.227. The Bertz CT molecular complexity index is 1230. The molecule has 0 radical (unpaired) electrons. The summed E-state index contributed by atoms with van der Waals surface area (Å²) in [5, 5.41) is 28.0. The molecule has 156 valence electrons. The molecule has 2 aromatic heterocycles. The van der Waals surface area contributed by atoms with Crippen LogP contribution in [-0.4, -0.2) is 55.4 Å². The molecule has 2 aromatic carbocycles. The van der Waals surface area contributed by atoms with Crippen LogP contribution in [0.25, 0.3) is 16.9 Å². The molecule has 3 N–H and O–H groups in total. The van der Waals surface area contributed by atoms with Crippen LogP contribution in [0.15, 0.2) is 54.7 Å². The van der Waals surface area contributed by atoms with E-state index in [0.717, 1.165) is 42.1 Å². The van der Waals surface area contributed by atoms with Crippen molar-refractivity contribution in [1.82, 2.24) is 24.6 Å². The molecule has 0 unspecified atom stereocenters. The van der Waals surface area contributed by atoms with Gasteiger partial charge in [0.25, 0.3) is 5.95 Å². The van der Waals surface area contributed by atoms with Crippen molar-refractivity contribution >= 4 is 29.3 Å². The standard InChI is InChI=1S/C22H23BN6O2/c1-28-11-10-19-17(14-28)21(24-12-15-6-3-2-4-7-15)27-22(26-19)29-20-9-5-8-18(23(30)31)16(20)13-25-29/h2-9,13,30-31H,10-12,14H2,1H3,(H,24,26,27). The van der Waals surface area contributed by atoms with E-state index in [4.69, 9.17) is 9.97 Å². The zero-order valence-corrected chi connectivity index (χ0v) is 17.2. The lowest BCUT2D eigenvalue weighted by Gasteiger charge is -2.26. The monoisotopic (exact) mass is 414 g/mol. The fourth-order valence-corrected chi connectivity index (χ4v) is 4.02. The molecule has 0 amide bonds. The minimum atomic E-state index is -1.57. The van der Waals surface area contributed by atoms with Gasteiger partial charge in [-0.05, 0) is 24.1 Å². The molecule has 0 fully saturated rings. The predicted octanol–water partition coefficient (Wildman–Crippen LogP) is 1.10. The smallest absolute Gasteiger partial charge is 0.423 e. The van der Waals surface area contributed by atoms with Gasteiger partial charge >= 0.3 is 7.12 Å². The highest BCUT2D eigenvalue weighted by molar-refractivity contribution is 6.61. The number of rotatable bonds is 5. The summed E-state index contributed by atoms with van der Waals surface area (Å²) in [4.78, 5) is 11.9. The first-order chi connectivity index (χ1) is 15.1. The molecule has 0 saturated heterocycles. The third-order valence-electron chi connectivity index (χ3n) is 5.66. The van der Waals surface area contributed by atoms with Gasteiger partial charge in [-0.25, -0.2) is 4.98 Å². The number of fused-ring (bicyclic) bond motifs is 2. The van der Waals surface area contributed by atoms with Crippen LogP contribution < -0.4 is 10.8 Å². The van der Waals surface area contributed by atoms with E-state index in [2.05, 4.69) is 34.5 Å². The summed E-state index contributed by atoms with van der Waals surface area (Å²) in [5.74, 6) is 1.27. The second-order valence-electron chi connectivity index (χ2n) is 7.83. The Morgan fingerprint density at radius 1 is 1.06 bits per heavy atom. The first-order valence-electron chi connectivity index (χ1n) is 10.3. The largest absolute Gasteiger partial charge is 0.489 e. The third-order valence-corrected chi connectivity index (χ3v) is 5.66. The lowest BCUT2D eigenvalue weighted by Crippen LogP contribution is -2.30. The molecule has 4 aromatic rings. The average Bonchev–Trinajstić information content (AvgIpc) is 3.22. The Morgan fingerprint density at radius 2 is 1.90 bits per heavy atom. The Labute approximate surface area is 180 Å². The molecule has 0 saturated carbocycles. The van der Waals surface area contributed by atoms with Gasteiger partial charge in [-0.3, -0.25) is 0 Å². The molecular weight excluding hydrogens is 391 g/mol. The van der Waals surface area contributed by atoms with E-state index in [1.807, 2.05) is 24.3 Å². The maximum Gasteiger partial charge on any atom is 0.489 e. The lowest BCUT2D eigenvalue weighted by molar-refractivity contribution is 0.309. The zero-order valence-electron chi connectivity index (χ0n) is 17.2. The van der Waals surface area contributed by atoms with Crippen molar-refractivity contribution in [2.24, 2.45) is 0 Å². The number of anilines is 1. The van der Waals surface area contributed by atoms with E-state index in [0.29, 0.717) is 23.3 Å². The van der Waals surface area contributed by atoms with Gasteiger partial charge in [0.15, 0.2) is 0 Å². The SMILES string of the molecule is CN1CCc2nc(-n3ncc4c(B(O)O)cccc43)nc(NCc3ccccc3)c2C1. The summed E-state index contributed by atoms with van der Waals surface area (Å²) < 4.78 is 1.66. The van der Waals surface area contributed by atoms with Crippen molar-refractivity contribution in [3.63, 3.8) is 0 Å². The van der Waals surface area contributed by atoms with Crippen molar-refractivity contribution in [2.45, 2.75) is 19.5 Å². The first-order valence-corrected chi connectivity index (χ1v) is 10.3. The van der Waals surface area contributed by atoms with Crippen molar-refractivity contribution in [3.8, 4) is 5.95 Å². The number of likely N-dealkylation sites (N-methyl/N-ethyl adjacent to an activating group) is 1. The minimum absolute atomic E-state index is 0.408. The molecule has 0 aliphatic carbocycles. The van der Waals surface area contributed by atoms with Gasteiger partial charge in [-0.1, -0.05) is 42.5 Å². The molecule has 0 atom stereocenters. The van der Waals surface area contributed by atoms with Crippen LogP contribution in [0.5, 0.6) is 0 Å². The topological polar surface area (TPSA) is 99.3 Å². The lowest BCUT2D eigenvalue weighted by atomic mass is 9.78. The first kappa shape index (κ1) is 19.7. The van der Waals surface area contributed by atoms with Crippen LogP contribution in [0.2, 0.25) is 0 Å². The molecule has 5 rings (SSSR count). The van der Waals surface area contributed by atoms with E-state index < -0.39 is 7.12 Å². The quantitative estimate of drug-likeness (QED) is 0.421. The van der Waals surface area contributed by atoms with E-state index in [1.165, 1.54) is 5.56 Å². The van der Waals surface area contributed by atoms with Crippen molar-refractivity contribution in [1.29, 1.82) is 0 Å². The number of nitrogens with one attached hydrogen (secondary N) is 1. The highest BCUT2D eigenvalue weighted by Crippen LogP contribution is 2.26. The summed E-state index contributed by atoms with van der Waals surface area (Å²) >= 11 is 0. The second kappa shape index (κ2) is 8.11. The Kier molecular flexibility index (Phi) is 5.15. The van der Waals surface area contributed by atoms with E-state index in [-0.39, 0.29) is 0 Å². The van der Waals surface area contributed by atoms with Gasteiger partial charge in [0.05, 0.1) is 17.4 Å². The van der Waals surface area contributed by atoms with Crippen LogP contribution in [0.4, 0.5) is 5.82 Å².